The summed E-state index contributed by atoms with van der Waals surface area (Å²) in [6.07, 6.45) is 0. The summed E-state index contributed by atoms with van der Waals surface area (Å²) in [5.74, 6) is 0.229. The van der Waals surface area contributed by atoms with E-state index in [1.807, 2.05) is 19.9 Å². The van der Waals surface area contributed by atoms with Gasteiger partial charge in [-0.15, -0.1) is 0 Å². The van der Waals surface area contributed by atoms with Crippen LogP contribution < -0.4 is 0 Å². The second kappa shape index (κ2) is 5.68. The maximum Gasteiger partial charge on any atom is 0.344 e. The van der Waals surface area contributed by atoms with Gasteiger partial charge in [0.15, 0.2) is 9.84 Å². The van der Waals surface area contributed by atoms with Gasteiger partial charge in [-0.05, 0) is 12.0 Å². The number of hydrogen-bond acceptors (Lipinski definition) is 4. The number of carbonyl (C=O) groups excluding carboxylic acids is 1. The van der Waals surface area contributed by atoms with Gasteiger partial charge in [0, 0.05) is 18.5 Å². The predicted octanol–water partition coefficient (Wildman–Crippen LogP) is 2.00. The van der Waals surface area contributed by atoms with Crippen LogP contribution in [0.2, 0.25) is 0 Å². The summed E-state index contributed by atoms with van der Waals surface area (Å²) in [5.41, 5.74) is 1.60. The Kier molecular flexibility index (Phi) is 4.39. The lowest BCUT2D eigenvalue weighted by Crippen LogP contribution is -2.46. The first-order chi connectivity index (χ1) is 10.0. The summed E-state index contributed by atoms with van der Waals surface area (Å²) in [7, 11) is -3.00. The van der Waals surface area contributed by atoms with E-state index in [-0.39, 0.29) is 42.0 Å². The van der Waals surface area contributed by atoms with Crippen LogP contribution in [0.4, 0.5) is 4.79 Å². The molecule has 1 fully saturated rings. The minimum atomic E-state index is -3.00. The van der Waals surface area contributed by atoms with E-state index >= 15 is 0 Å². The van der Waals surface area contributed by atoms with E-state index in [1.165, 1.54) is 4.68 Å². The Morgan fingerprint density at radius 3 is 2.23 bits per heavy atom. The number of aromatic nitrogens is 2. The molecule has 6 nitrogen and oxygen atoms in total. The average Bonchev–Trinajstić information content (AvgIpc) is 2.82. The number of nitrogens with zero attached hydrogens (tertiary/aromatic N) is 3. The topological polar surface area (TPSA) is 72.3 Å². The maximum atomic E-state index is 12.7. The Morgan fingerprint density at radius 2 is 1.77 bits per heavy atom. The molecule has 1 aromatic rings. The molecule has 0 aliphatic carbocycles. The molecule has 2 rings (SSSR count). The molecule has 0 spiro atoms. The Balaban J connectivity index is 2.31. The van der Waals surface area contributed by atoms with Crippen molar-refractivity contribution in [1.29, 1.82) is 0 Å². The normalized spacial score (nSPS) is 18.7. The van der Waals surface area contributed by atoms with Gasteiger partial charge in [-0.3, -0.25) is 0 Å². The summed E-state index contributed by atoms with van der Waals surface area (Å²) in [5, 5.41) is 4.49. The molecule has 1 aromatic heterocycles. The summed E-state index contributed by atoms with van der Waals surface area (Å²) < 4.78 is 24.5. The second-order valence-electron chi connectivity index (χ2n) is 7.19. The predicted molar refractivity (Wildman–Crippen MR) is 86.0 cm³/mol. The highest BCUT2D eigenvalue weighted by molar-refractivity contribution is 7.91. The average molecular weight is 327 g/mol. The van der Waals surface area contributed by atoms with Gasteiger partial charge in [-0.2, -0.15) is 9.78 Å². The highest BCUT2D eigenvalue weighted by atomic mass is 32.2. The van der Waals surface area contributed by atoms with Crippen LogP contribution in [0.15, 0.2) is 6.07 Å². The largest absolute Gasteiger partial charge is 0.344 e. The lowest BCUT2D eigenvalue weighted by Gasteiger charge is -2.27. The van der Waals surface area contributed by atoms with Crippen LogP contribution in [-0.4, -0.2) is 53.7 Å². The Hall–Kier alpha value is -1.37. The molecule has 124 valence electrons. The van der Waals surface area contributed by atoms with E-state index in [2.05, 4.69) is 25.9 Å². The quantitative estimate of drug-likeness (QED) is 0.791. The molecule has 0 N–H and O–H groups in total. The fourth-order valence-corrected chi connectivity index (χ4v) is 3.57. The van der Waals surface area contributed by atoms with Gasteiger partial charge in [-0.1, -0.05) is 34.6 Å². The van der Waals surface area contributed by atoms with Gasteiger partial charge >= 0.3 is 6.03 Å². The molecule has 0 atom stereocenters. The molecule has 0 bridgehead atoms. The summed E-state index contributed by atoms with van der Waals surface area (Å²) in [6.45, 7) is 10.7. The van der Waals surface area contributed by atoms with Crippen molar-refractivity contribution in [3.8, 4) is 0 Å². The van der Waals surface area contributed by atoms with Crippen molar-refractivity contribution < 1.29 is 13.2 Å². The zero-order valence-corrected chi connectivity index (χ0v) is 14.8. The van der Waals surface area contributed by atoms with Gasteiger partial charge < -0.3 is 4.90 Å². The van der Waals surface area contributed by atoms with E-state index < -0.39 is 9.84 Å². The van der Waals surface area contributed by atoms with Crippen molar-refractivity contribution in [1.82, 2.24) is 14.7 Å². The molecule has 22 heavy (non-hydrogen) atoms. The van der Waals surface area contributed by atoms with Crippen molar-refractivity contribution in [3.63, 3.8) is 0 Å². The fourth-order valence-electron chi connectivity index (χ4n) is 2.36. The lowest BCUT2D eigenvalue weighted by molar-refractivity contribution is 0.199. The fraction of sp³-hybridized carbons (Fsp3) is 0.733. The minimum Gasteiger partial charge on any atom is -0.321 e. The van der Waals surface area contributed by atoms with Crippen molar-refractivity contribution in [2.45, 2.75) is 46.0 Å². The minimum absolute atomic E-state index is 0.0309. The molecule has 1 saturated heterocycles. The van der Waals surface area contributed by atoms with E-state index in [1.54, 1.807) is 4.90 Å². The molecule has 0 saturated carbocycles. The zero-order chi connectivity index (χ0) is 16.7. The summed E-state index contributed by atoms with van der Waals surface area (Å²) in [4.78, 5) is 14.3. The number of rotatable bonds is 1. The lowest BCUT2D eigenvalue weighted by atomic mass is 9.92. The molecule has 1 aliphatic rings. The highest BCUT2D eigenvalue weighted by Crippen LogP contribution is 2.25. The summed E-state index contributed by atoms with van der Waals surface area (Å²) in [6, 6.07) is 1.75. The van der Waals surface area contributed by atoms with Crippen LogP contribution in [0.3, 0.4) is 0 Å². The third-order valence-corrected chi connectivity index (χ3v) is 5.50. The maximum absolute atomic E-state index is 12.7. The van der Waals surface area contributed by atoms with Gasteiger partial charge in [0.2, 0.25) is 0 Å². The van der Waals surface area contributed by atoms with Crippen LogP contribution in [-0.2, 0) is 15.3 Å². The van der Waals surface area contributed by atoms with Gasteiger partial charge in [0.25, 0.3) is 0 Å². The van der Waals surface area contributed by atoms with Gasteiger partial charge in [0.05, 0.1) is 22.9 Å². The molecule has 0 unspecified atom stereocenters. The number of carbonyl (C=O) groups is 1. The van der Waals surface area contributed by atoms with Crippen molar-refractivity contribution in [3.05, 3.63) is 17.5 Å². The van der Waals surface area contributed by atoms with Crippen LogP contribution in [0.1, 0.15) is 51.9 Å². The van der Waals surface area contributed by atoms with Crippen LogP contribution in [0.5, 0.6) is 0 Å². The molecule has 1 amide bonds. The molecular formula is C15H25N3O3S. The van der Waals surface area contributed by atoms with E-state index in [9.17, 15) is 13.2 Å². The van der Waals surface area contributed by atoms with Gasteiger partial charge in [-0.25, -0.2) is 13.2 Å². The zero-order valence-electron chi connectivity index (χ0n) is 14.0. The first-order valence-electron chi connectivity index (χ1n) is 7.61. The van der Waals surface area contributed by atoms with E-state index in [4.69, 9.17) is 0 Å². The van der Waals surface area contributed by atoms with Crippen LogP contribution in [0.25, 0.3) is 0 Å². The smallest absolute Gasteiger partial charge is 0.321 e. The van der Waals surface area contributed by atoms with Crippen molar-refractivity contribution in [2.75, 3.05) is 24.6 Å². The van der Waals surface area contributed by atoms with Crippen LogP contribution in [0, 0.1) is 0 Å². The van der Waals surface area contributed by atoms with Gasteiger partial charge in [0.1, 0.15) is 0 Å². The molecule has 2 heterocycles. The van der Waals surface area contributed by atoms with E-state index in [0.29, 0.717) is 0 Å². The Morgan fingerprint density at radius 1 is 1.23 bits per heavy atom. The number of amides is 1. The third-order valence-electron chi connectivity index (χ3n) is 3.89. The van der Waals surface area contributed by atoms with E-state index in [0.717, 1.165) is 11.4 Å². The summed E-state index contributed by atoms with van der Waals surface area (Å²) >= 11 is 0. The Bertz CT molecular complexity index is 655. The second-order valence-corrected chi connectivity index (χ2v) is 9.50. The van der Waals surface area contributed by atoms with Crippen molar-refractivity contribution >= 4 is 15.9 Å². The molecular weight excluding hydrogens is 302 g/mol. The third kappa shape index (κ3) is 3.51. The highest BCUT2D eigenvalue weighted by Gasteiger charge is 2.29. The molecule has 1 aliphatic heterocycles. The first kappa shape index (κ1) is 17.0. The number of hydrogen-bond donors (Lipinski definition) is 0. The Labute approximate surface area is 132 Å². The number of sulfone groups is 1. The first-order valence-corrected chi connectivity index (χ1v) is 9.43. The standard InChI is InChI=1S/C15H25N3O3S/c1-11(2)12-10-13(15(3,4)5)16-18(12)14(19)17-6-8-22(20,21)9-7-17/h10-11H,6-9H2,1-5H3. The SMILES string of the molecule is CC(C)c1cc(C(C)(C)C)nn1C(=O)N1CCS(=O)(=O)CC1. The molecule has 0 aromatic carbocycles. The van der Waals surface area contributed by atoms with Crippen LogP contribution >= 0.6 is 0 Å². The monoisotopic (exact) mass is 327 g/mol. The van der Waals surface area contributed by atoms with Crippen molar-refractivity contribution in [2.24, 2.45) is 0 Å². The molecule has 0 radical (unpaired) electrons. The molecule has 7 heteroatoms.